The molecule has 0 aliphatic heterocycles. The summed E-state index contributed by atoms with van der Waals surface area (Å²) in [5.41, 5.74) is 3.53. The molecule has 8 nitrogen and oxygen atoms in total. The lowest BCUT2D eigenvalue weighted by atomic mass is 10.1. The van der Waals surface area contributed by atoms with E-state index in [9.17, 15) is 9.90 Å². The van der Waals surface area contributed by atoms with E-state index in [0.29, 0.717) is 38.8 Å². The molecule has 2 atom stereocenters. The first-order valence-corrected chi connectivity index (χ1v) is 11.2. The zero-order chi connectivity index (χ0) is 24.9. The summed E-state index contributed by atoms with van der Waals surface area (Å²) in [6.45, 7) is 10.6. The Morgan fingerprint density at radius 2 is 1.80 bits per heavy atom. The van der Waals surface area contributed by atoms with Crippen LogP contribution >= 0.6 is 11.6 Å². The number of carbonyl (C=O) groups excluding carboxylic acids is 1. The van der Waals surface area contributed by atoms with E-state index in [1.807, 2.05) is 6.07 Å². The molecular formula is C26H22ClN5O3. The average molecular weight is 488 g/mol. The summed E-state index contributed by atoms with van der Waals surface area (Å²) in [4.78, 5) is 15.7. The number of nitrogens with zero attached hydrogens (tertiary/aromatic N) is 3. The lowest BCUT2D eigenvalue weighted by molar-refractivity contribution is 0.102. The molecule has 0 unspecified atom stereocenters. The highest BCUT2D eigenvalue weighted by atomic mass is 35.5. The molecule has 35 heavy (non-hydrogen) atoms. The number of carbonyl (C=O) groups is 1. The Kier molecular flexibility index (Phi) is 7.11. The largest absolute Gasteiger partial charge is 0.418 e. The van der Waals surface area contributed by atoms with Crippen molar-refractivity contribution in [1.82, 2.24) is 10.2 Å². The van der Waals surface area contributed by atoms with Crippen LogP contribution in [0.4, 0.5) is 17.1 Å². The Labute approximate surface area is 207 Å². The van der Waals surface area contributed by atoms with Gasteiger partial charge in [0.25, 0.3) is 5.91 Å². The minimum Gasteiger partial charge on any atom is -0.418 e. The molecule has 0 aliphatic carbocycles. The first-order chi connectivity index (χ1) is 16.9. The molecule has 0 radical (unpaired) electrons. The van der Waals surface area contributed by atoms with Crippen LogP contribution in [0.2, 0.25) is 5.02 Å². The van der Waals surface area contributed by atoms with E-state index < -0.39 is 12.1 Å². The summed E-state index contributed by atoms with van der Waals surface area (Å²) in [6.07, 6.45) is -0.863. The number of hydrogen-bond acceptors (Lipinski definition) is 6. The van der Waals surface area contributed by atoms with Crippen molar-refractivity contribution in [2.24, 2.45) is 0 Å². The molecule has 3 N–H and O–H groups in total. The fourth-order valence-corrected chi connectivity index (χ4v) is 3.64. The number of hydrogen-bond donors (Lipinski definition) is 3. The van der Waals surface area contributed by atoms with Crippen LogP contribution in [0.1, 0.15) is 34.8 Å². The standard InChI is InChI=1S/C26H22ClN5O3/c1-15-20(13-14-21(28-3)22(15)27)30-23(16(2)33)26-32-31-25(35-26)18-9-11-19(12-10-18)29-24(34)17-7-5-4-6-8-17/h4-14,16,23,30,33H,1-2H3,(H,29,34)/t16-,23-/m1/s1. The molecule has 0 spiro atoms. The highest BCUT2D eigenvalue weighted by Crippen LogP contribution is 2.35. The van der Waals surface area contributed by atoms with Crippen molar-refractivity contribution in [3.63, 3.8) is 0 Å². The van der Waals surface area contributed by atoms with Gasteiger partial charge in [0, 0.05) is 22.5 Å². The molecule has 0 fully saturated rings. The molecule has 0 saturated heterocycles. The molecule has 3 aromatic carbocycles. The lowest BCUT2D eigenvalue weighted by Gasteiger charge is -2.21. The Morgan fingerprint density at radius 3 is 2.46 bits per heavy atom. The van der Waals surface area contributed by atoms with Crippen LogP contribution in [0.5, 0.6) is 0 Å². The van der Waals surface area contributed by atoms with Gasteiger partial charge in [0.2, 0.25) is 17.5 Å². The fraction of sp³-hybridized carbons (Fsp3) is 0.154. The van der Waals surface area contributed by atoms with Crippen molar-refractivity contribution in [2.45, 2.75) is 26.0 Å². The van der Waals surface area contributed by atoms with Crippen LogP contribution in [-0.4, -0.2) is 27.3 Å². The normalized spacial score (nSPS) is 12.4. The predicted octanol–water partition coefficient (Wildman–Crippen LogP) is 6.04. The first kappa shape index (κ1) is 24.0. The molecule has 9 heteroatoms. The zero-order valence-corrected chi connectivity index (χ0v) is 19.7. The van der Waals surface area contributed by atoms with Crippen LogP contribution in [0, 0.1) is 13.5 Å². The Hall–Kier alpha value is -4.19. The number of aliphatic hydroxyl groups is 1. The number of halogens is 1. The van der Waals surface area contributed by atoms with E-state index in [-0.39, 0.29) is 17.7 Å². The van der Waals surface area contributed by atoms with Gasteiger partial charge in [-0.3, -0.25) is 4.79 Å². The maximum atomic E-state index is 12.3. The highest BCUT2D eigenvalue weighted by Gasteiger charge is 2.25. The third-order valence-electron chi connectivity index (χ3n) is 5.41. The third kappa shape index (κ3) is 5.32. The van der Waals surface area contributed by atoms with Crippen LogP contribution in [-0.2, 0) is 0 Å². The summed E-state index contributed by atoms with van der Waals surface area (Å²) in [6, 6.07) is 18.6. The van der Waals surface area contributed by atoms with E-state index in [0.717, 1.165) is 0 Å². The molecule has 1 heterocycles. The highest BCUT2D eigenvalue weighted by molar-refractivity contribution is 6.34. The van der Waals surface area contributed by atoms with E-state index in [4.69, 9.17) is 22.6 Å². The number of rotatable bonds is 7. The van der Waals surface area contributed by atoms with E-state index in [1.165, 1.54) is 0 Å². The van der Waals surface area contributed by atoms with Gasteiger partial charge in [0.15, 0.2) is 0 Å². The van der Waals surface area contributed by atoms with E-state index in [1.54, 1.807) is 74.5 Å². The van der Waals surface area contributed by atoms with Gasteiger partial charge in [-0.2, -0.15) is 0 Å². The molecule has 0 saturated carbocycles. The number of amides is 1. The van der Waals surface area contributed by atoms with E-state index in [2.05, 4.69) is 25.7 Å². The molecule has 4 aromatic rings. The quantitative estimate of drug-likeness (QED) is 0.275. The fourth-order valence-electron chi connectivity index (χ4n) is 3.44. The maximum Gasteiger partial charge on any atom is 0.255 e. The first-order valence-electron chi connectivity index (χ1n) is 10.8. The Balaban J connectivity index is 1.51. The third-order valence-corrected chi connectivity index (χ3v) is 5.89. The van der Waals surface area contributed by atoms with Crippen LogP contribution < -0.4 is 10.6 Å². The van der Waals surface area contributed by atoms with Crippen molar-refractivity contribution in [3.8, 4) is 11.5 Å². The van der Waals surface area contributed by atoms with Crippen molar-refractivity contribution < 1.29 is 14.3 Å². The summed E-state index contributed by atoms with van der Waals surface area (Å²) < 4.78 is 5.86. The molecule has 1 aromatic heterocycles. The van der Waals surface area contributed by atoms with Gasteiger partial charge in [-0.15, -0.1) is 10.2 Å². The Morgan fingerprint density at radius 1 is 1.09 bits per heavy atom. The maximum absolute atomic E-state index is 12.3. The van der Waals surface area contributed by atoms with Crippen LogP contribution in [0.15, 0.2) is 71.1 Å². The van der Waals surface area contributed by atoms with Gasteiger partial charge in [-0.05, 0) is 61.9 Å². The van der Waals surface area contributed by atoms with Crippen LogP contribution in [0.3, 0.4) is 0 Å². The minimum atomic E-state index is -0.863. The minimum absolute atomic E-state index is 0.196. The summed E-state index contributed by atoms with van der Waals surface area (Å²) >= 11 is 6.28. The molecular weight excluding hydrogens is 466 g/mol. The van der Waals surface area contributed by atoms with Crippen LogP contribution in [0.25, 0.3) is 16.3 Å². The monoisotopic (exact) mass is 487 g/mol. The molecule has 0 bridgehead atoms. The van der Waals surface area contributed by atoms with Gasteiger partial charge in [-0.25, -0.2) is 4.85 Å². The number of aromatic nitrogens is 2. The summed E-state index contributed by atoms with van der Waals surface area (Å²) in [5.74, 6) is 0.261. The average Bonchev–Trinajstić information content (AvgIpc) is 3.35. The van der Waals surface area contributed by atoms with Crippen molar-refractivity contribution in [1.29, 1.82) is 0 Å². The van der Waals surface area contributed by atoms with Crippen molar-refractivity contribution >= 4 is 34.6 Å². The topological polar surface area (TPSA) is 105 Å². The van der Waals surface area contributed by atoms with Gasteiger partial charge < -0.3 is 20.2 Å². The molecule has 1 amide bonds. The Bertz CT molecular complexity index is 1380. The van der Waals surface area contributed by atoms with Gasteiger partial charge in [0.05, 0.1) is 17.7 Å². The number of benzene rings is 3. The van der Waals surface area contributed by atoms with Crippen molar-refractivity contribution in [2.75, 3.05) is 10.6 Å². The smallest absolute Gasteiger partial charge is 0.255 e. The second-order valence-corrected chi connectivity index (χ2v) is 8.27. The van der Waals surface area contributed by atoms with Gasteiger partial charge in [0.1, 0.15) is 6.04 Å². The summed E-state index contributed by atoms with van der Waals surface area (Å²) in [5, 5.41) is 25.0. The second kappa shape index (κ2) is 10.4. The van der Waals surface area contributed by atoms with Gasteiger partial charge in [-0.1, -0.05) is 35.9 Å². The molecule has 4 rings (SSSR count). The number of aliphatic hydroxyl groups excluding tert-OH is 1. The van der Waals surface area contributed by atoms with Crippen molar-refractivity contribution in [3.05, 3.63) is 100 Å². The SMILES string of the molecule is [C-]#[N+]c1ccc(N[C@@H](c2nnc(-c3ccc(NC(=O)c4ccccc4)cc3)o2)[C@@H](C)O)c(C)c1Cl. The predicted molar refractivity (Wildman–Crippen MR) is 135 cm³/mol. The number of anilines is 2. The molecule has 176 valence electrons. The zero-order valence-electron chi connectivity index (χ0n) is 19.0. The number of nitrogens with one attached hydrogen (secondary N) is 2. The molecule has 0 aliphatic rings. The van der Waals surface area contributed by atoms with Gasteiger partial charge >= 0.3 is 0 Å². The second-order valence-electron chi connectivity index (χ2n) is 7.89. The summed E-state index contributed by atoms with van der Waals surface area (Å²) in [7, 11) is 0. The van der Waals surface area contributed by atoms with E-state index >= 15 is 0 Å². The lowest BCUT2D eigenvalue weighted by Crippen LogP contribution is -2.23.